The Hall–Kier alpha value is -2.24. The number of carboxylic acid groups (broad SMARTS) is 1. The topological polar surface area (TPSA) is 161 Å². The zero-order valence-electron chi connectivity index (χ0n) is 16.1. The lowest BCUT2D eigenvalue weighted by atomic mass is 9.97. The molecule has 0 aliphatic carbocycles. The number of esters is 3. The van der Waals surface area contributed by atoms with E-state index in [0.29, 0.717) is 12.8 Å². The highest BCUT2D eigenvalue weighted by Gasteiger charge is 2.49. The molecule has 0 spiro atoms. The maximum atomic E-state index is 11.5. The second kappa shape index (κ2) is 11.6. The van der Waals surface area contributed by atoms with Crippen LogP contribution in [-0.4, -0.2) is 72.8 Å². The Morgan fingerprint density at radius 1 is 0.964 bits per heavy atom. The van der Waals surface area contributed by atoms with Gasteiger partial charge in [0.15, 0.2) is 18.5 Å². The summed E-state index contributed by atoms with van der Waals surface area (Å²) < 4.78 is 26.6. The number of rotatable bonds is 10. The first kappa shape index (κ1) is 23.8. The molecule has 11 nitrogen and oxygen atoms in total. The van der Waals surface area contributed by atoms with Gasteiger partial charge in [0.05, 0.1) is 6.04 Å². The van der Waals surface area contributed by atoms with Gasteiger partial charge in [-0.1, -0.05) is 0 Å². The lowest BCUT2D eigenvalue weighted by Gasteiger charge is -2.43. The normalized spacial score (nSPS) is 26.9. The van der Waals surface area contributed by atoms with Crippen LogP contribution in [0.1, 0.15) is 40.0 Å². The van der Waals surface area contributed by atoms with Gasteiger partial charge < -0.3 is 34.5 Å². The number of aliphatic carboxylic acids is 1. The third kappa shape index (κ3) is 8.19. The second-order valence-corrected chi connectivity index (χ2v) is 6.29. The molecule has 1 heterocycles. The van der Waals surface area contributed by atoms with E-state index in [1.54, 1.807) is 0 Å². The predicted octanol–water partition coefficient (Wildman–Crippen LogP) is -0.263. The molecule has 0 amide bonds. The lowest BCUT2D eigenvalue weighted by Crippen LogP contribution is -2.64. The van der Waals surface area contributed by atoms with Crippen LogP contribution < -0.4 is 5.73 Å². The van der Waals surface area contributed by atoms with E-state index in [4.69, 9.17) is 34.5 Å². The number of unbranched alkanes of at least 4 members (excludes halogenated alkanes) is 1. The highest BCUT2D eigenvalue weighted by molar-refractivity contribution is 5.68. The van der Waals surface area contributed by atoms with Gasteiger partial charge in [-0.05, 0) is 12.8 Å². The lowest BCUT2D eigenvalue weighted by molar-refractivity contribution is -0.274. The Kier molecular flexibility index (Phi) is 9.83. The molecule has 0 radical (unpaired) electrons. The van der Waals surface area contributed by atoms with E-state index in [2.05, 4.69) is 0 Å². The van der Waals surface area contributed by atoms with E-state index in [1.807, 2.05) is 0 Å². The molecule has 11 heteroatoms. The van der Waals surface area contributed by atoms with Crippen molar-refractivity contribution in [2.75, 3.05) is 13.2 Å². The Morgan fingerprint density at radius 2 is 1.57 bits per heavy atom. The Bertz CT molecular complexity index is 566. The van der Waals surface area contributed by atoms with Crippen LogP contribution in [0.5, 0.6) is 0 Å². The van der Waals surface area contributed by atoms with Crippen molar-refractivity contribution in [3.05, 3.63) is 0 Å². The van der Waals surface area contributed by atoms with Gasteiger partial charge in [0.1, 0.15) is 12.7 Å². The van der Waals surface area contributed by atoms with Crippen LogP contribution in [-0.2, 0) is 42.9 Å². The molecular formula is C17H27NO10. The predicted molar refractivity (Wildman–Crippen MR) is 91.8 cm³/mol. The van der Waals surface area contributed by atoms with Crippen LogP contribution in [0.25, 0.3) is 0 Å². The quantitative estimate of drug-likeness (QED) is 0.280. The molecule has 28 heavy (non-hydrogen) atoms. The van der Waals surface area contributed by atoms with E-state index in [1.165, 1.54) is 20.8 Å². The summed E-state index contributed by atoms with van der Waals surface area (Å²) in [5.41, 5.74) is 6.10. The first-order chi connectivity index (χ1) is 13.1. The highest BCUT2D eigenvalue weighted by Crippen LogP contribution is 2.26. The average Bonchev–Trinajstić information content (AvgIpc) is 2.57. The smallest absolute Gasteiger partial charge is 0.303 e. The third-order valence-corrected chi connectivity index (χ3v) is 3.81. The van der Waals surface area contributed by atoms with Crippen molar-refractivity contribution < 1.29 is 48.0 Å². The summed E-state index contributed by atoms with van der Waals surface area (Å²) in [6.07, 6.45) is -3.35. The molecule has 3 N–H and O–H groups in total. The van der Waals surface area contributed by atoms with E-state index in [9.17, 15) is 19.2 Å². The highest BCUT2D eigenvalue weighted by atomic mass is 16.7. The number of hydrogen-bond acceptors (Lipinski definition) is 10. The van der Waals surface area contributed by atoms with Crippen LogP contribution in [0, 0.1) is 0 Å². The second-order valence-electron chi connectivity index (χ2n) is 6.29. The summed E-state index contributed by atoms with van der Waals surface area (Å²) in [6, 6.07) is -0.985. The molecule has 0 aromatic rings. The van der Waals surface area contributed by atoms with Crippen molar-refractivity contribution in [3.8, 4) is 0 Å². The standard InChI is InChI=1S/C17H27NO10/c1-9(19)25-8-12-15(26-10(2)20)16(27-11(3)21)14(18)17(28-12)24-7-5-4-6-13(22)23/h12,14-17H,4-8,18H2,1-3H3,(H,22,23). The van der Waals surface area contributed by atoms with Gasteiger partial charge in [0.25, 0.3) is 0 Å². The Labute approximate surface area is 162 Å². The first-order valence-electron chi connectivity index (χ1n) is 8.84. The summed E-state index contributed by atoms with van der Waals surface area (Å²) in [7, 11) is 0. The third-order valence-electron chi connectivity index (χ3n) is 3.81. The van der Waals surface area contributed by atoms with Crippen LogP contribution >= 0.6 is 0 Å². The van der Waals surface area contributed by atoms with Gasteiger partial charge in [-0.15, -0.1) is 0 Å². The average molecular weight is 405 g/mol. The molecule has 1 fully saturated rings. The molecule has 5 atom stereocenters. The summed E-state index contributed by atoms with van der Waals surface area (Å²) in [4.78, 5) is 44.6. The molecule has 0 bridgehead atoms. The summed E-state index contributed by atoms with van der Waals surface area (Å²) in [5, 5.41) is 8.65. The largest absolute Gasteiger partial charge is 0.481 e. The van der Waals surface area contributed by atoms with E-state index >= 15 is 0 Å². The monoisotopic (exact) mass is 405 g/mol. The maximum Gasteiger partial charge on any atom is 0.303 e. The zero-order chi connectivity index (χ0) is 21.3. The van der Waals surface area contributed by atoms with Crippen molar-refractivity contribution in [1.82, 2.24) is 0 Å². The maximum absolute atomic E-state index is 11.5. The SMILES string of the molecule is CC(=O)OCC1OC(OCCCCC(=O)O)C(N)C(OC(C)=O)C1OC(C)=O. The molecule has 1 saturated heterocycles. The van der Waals surface area contributed by atoms with Crippen LogP contribution in [0.4, 0.5) is 0 Å². The molecule has 1 rings (SSSR count). The first-order valence-corrected chi connectivity index (χ1v) is 8.84. The van der Waals surface area contributed by atoms with Gasteiger partial charge >= 0.3 is 23.9 Å². The van der Waals surface area contributed by atoms with Crippen molar-refractivity contribution >= 4 is 23.9 Å². The zero-order valence-corrected chi connectivity index (χ0v) is 16.1. The van der Waals surface area contributed by atoms with Crippen LogP contribution in [0.15, 0.2) is 0 Å². The van der Waals surface area contributed by atoms with Gasteiger partial charge in [0.2, 0.25) is 0 Å². The summed E-state index contributed by atoms with van der Waals surface area (Å²) in [6.45, 7) is 3.43. The van der Waals surface area contributed by atoms with E-state index in [0.717, 1.165) is 0 Å². The van der Waals surface area contributed by atoms with Gasteiger partial charge in [-0.2, -0.15) is 0 Å². The Morgan fingerprint density at radius 3 is 2.11 bits per heavy atom. The molecule has 0 saturated carbocycles. The van der Waals surface area contributed by atoms with Crippen molar-refractivity contribution in [3.63, 3.8) is 0 Å². The minimum absolute atomic E-state index is 0.000607. The number of carbonyl (C=O) groups excluding carboxylic acids is 3. The summed E-state index contributed by atoms with van der Waals surface area (Å²) in [5.74, 6) is -2.79. The van der Waals surface area contributed by atoms with Crippen LogP contribution in [0.3, 0.4) is 0 Å². The Balaban J connectivity index is 2.87. The minimum atomic E-state index is -1.09. The molecule has 0 aromatic heterocycles. The van der Waals surface area contributed by atoms with Gasteiger partial charge in [0, 0.05) is 33.8 Å². The summed E-state index contributed by atoms with van der Waals surface area (Å²) >= 11 is 0. The number of ether oxygens (including phenoxy) is 5. The van der Waals surface area contributed by atoms with Gasteiger partial charge in [-0.3, -0.25) is 19.2 Å². The van der Waals surface area contributed by atoms with Crippen molar-refractivity contribution in [1.29, 1.82) is 0 Å². The fourth-order valence-electron chi connectivity index (χ4n) is 2.66. The molecule has 1 aliphatic rings. The molecule has 160 valence electrons. The minimum Gasteiger partial charge on any atom is -0.481 e. The van der Waals surface area contributed by atoms with E-state index < -0.39 is 54.5 Å². The van der Waals surface area contributed by atoms with Crippen molar-refractivity contribution in [2.24, 2.45) is 5.73 Å². The van der Waals surface area contributed by atoms with Crippen molar-refractivity contribution in [2.45, 2.75) is 70.7 Å². The number of nitrogens with two attached hydrogens (primary N) is 1. The van der Waals surface area contributed by atoms with Crippen LogP contribution in [0.2, 0.25) is 0 Å². The van der Waals surface area contributed by atoms with E-state index in [-0.39, 0.29) is 19.6 Å². The number of hydrogen-bond donors (Lipinski definition) is 2. The molecular weight excluding hydrogens is 378 g/mol. The number of carbonyl (C=O) groups is 4. The molecule has 0 aromatic carbocycles. The molecule has 1 aliphatic heterocycles. The number of carboxylic acids is 1. The molecule has 5 unspecified atom stereocenters. The fraction of sp³-hybridized carbons (Fsp3) is 0.765. The fourth-order valence-corrected chi connectivity index (χ4v) is 2.66. The van der Waals surface area contributed by atoms with Gasteiger partial charge in [-0.25, -0.2) is 0 Å².